The largest absolute Gasteiger partial charge is 0.492 e. The van der Waals surface area contributed by atoms with Gasteiger partial charge in [0.1, 0.15) is 5.75 Å². The van der Waals surface area contributed by atoms with E-state index in [0.717, 1.165) is 43.9 Å². The summed E-state index contributed by atoms with van der Waals surface area (Å²) in [5.74, 6) is -0.601. The topological polar surface area (TPSA) is 64.3 Å². The summed E-state index contributed by atoms with van der Waals surface area (Å²) in [5, 5.41) is 0. The van der Waals surface area contributed by atoms with Gasteiger partial charge in [-0.25, -0.2) is 23.7 Å². The van der Waals surface area contributed by atoms with E-state index < -0.39 is 11.6 Å². The van der Waals surface area contributed by atoms with Gasteiger partial charge in [-0.2, -0.15) is 0 Å². The Bertz CT molecular complexity index is 1260. The minimum absolute atomic E-state index is 0.0541. The van der Waals surface area contributed by atoms with Crippen molar-refractivity contribution in [3.63, 3.8) is 0 Å². The standard InChI is InChI=1S/C27H26F2N4O2/c1-2-18-13-31-27(32-14-18)33-10-8-19(9-11-33)16-34-22-12-21(20-6-4-3-5-7-20)25(28)26(29)24(22)23-15-30-17-35-23/h3-7,12-15,17,19H,2,8-11,16H2,1H3. The zero-order chi connectivity index (χ0) is 24.2. The van der Waals surface area contributed by atoms with Crippen molar-refractivity contribution in [3.8, 4) is 28.2 Å². The quantitative estimate of drug-likeness (QED) is 0.329. The Hall–Kier alpha value is -3.81. The van der Waals surface area contributed by atoms with E-state index in [2.05, 4.69) is 26.8 Å². The maximum absolute atomic E-state index is 15.3. The van der Waals surface area contributed by atoms with E-state index in [0.29, 0.717) is 12.2 Å². The molecule has 0 spiro atoms. The molecule has 5 rings (SSSR count). The second kappa shape index (κ2) is 10.2. The number of piperidine rings is 1. The third kappa shape index (κ3) is 4.87. The third-order valence-electron chi connectivity index (χ3n) is 6.41. The number of hydrogen-bond acceptors (Lipinski definition) is 6. The van der Waals surface area contributed by atoms with E-state index in [9.17, 15) is 0 Å². The maximum Gasteiger partial charge on any atom is 0.225 e. The second-order valence-electron chi connectivity index (χ2n) is 8.64. The second-order valence-corrected chi connectivity index (χ2v) is 8.64. The molecule has 0 radical (unpaired) electrons. The molecule has 180 valence electrons. The number of rotatable bonds is 7. The SMILES string of the molecule is CCc1cnc(N2CCC(COc3cc(-c4ccccc4)c(F)c(F)c3-c3cnco3)CC2)nc1. The highest BCUT2D eigenvalue weighted by molar-refractivity contribution is 5.75. The average molecular weight is 477 g/mol. The molecule has 8 heteroatoms. The van der Waals surface area contributed by atoms with Crippen molar-refractivity contribution in [2.24, 2.45) is 5.92 Å². The van der Waals surface area contributed by atoms with Crippen LogP contribution in [0.25, 0.3) is 22.5 Å². The molecule has 3 heterocycles. The van der Waals surface area contributed by atoms with E-state index in [1.54, 1.807) is 30.3 Å². The van der Waals surface area contributed by atoms with Gasteiger partial charge in [0, 0.05) is 31.0 Å². The normalized spacial score (nSPS) is 14.3. The van der Waals surface area contributed by atoms with Gasteiger partial charge < -0.3 is 14.1 Å². The monoisotopic (exact) mass is 476 g/mol. The van der Waals surface area contributed by atoms with Crippen LogP contribution in [0.5, 0.6) is 5.75 Å². The summed E-state index contributed by atoms with van der Waals surface area (Å²) in [5.41, 5.74) is 1.77. The first-order chi connectivity index (χ1) is 17.1. The molecule has 1 fully saturated rings. The van der Waals surface area contributed by atoms with Crippen LogP contribution in [-0.2, 0) is 6.42 Å². The Kier molecular flexibility index (Phi) is 6.70. The van der Waals surface area contributed by atoms with E-state index in [-0.39, 0.29) is 28.6 Å². The lowest BCUT2D eigenvalue weighted by molar-refractivity contribution is 0.222. The van der Waals surface area contributed by atoms with Gasteiger partial charge >= 0.3 is 0 Å². The van der Waals surface area contributed by atoms with Gasteiger partial charge in [0.15, 0.2) is 23.8 Å². The third-order valence-corrected chi connectivity index (χ3v) is 6.41. The summed E-state index contributed by atoms with van der Waals surface area (Å²) in [6.45, 7) is 4.07. The average Bonchev–Trinajstić information content (AvgIpc) is 3.44. The number of benzene rings is 2. The van der Waals surface area contributed by atoms with Gasteiger partial charge in [-0.15, -0.1) is 0 Å². The van der Waals surface area contributed by atoms with Crippen LogP contribution < -0.4 is 9.64 Å². The summed E-state index contributed by atoms with van der Waals surface area (Å²) in [6, 6.07) is 10.4. The Morgan fingerprint density at radius 1 is 1.03 bits per heavy atom. The van der Waals surface area contributed by atoms with Gasteiger partial charge in [0.05, 0.1) is 18.4 Å². The molecule has 1 aliphatic rings. The first-order valence-electron chi connectivity index (χ1n) is 11.8. The highest BCUT2D eigenvalue weighted by Gasteiger charge is 2.26. The molecule has 6 nitrogen and oxygen atoms in total. The first kappa shape index (κ1) is 23.0. The van der Waals surface area contributed by atoms with Crippen LogP contribution in [0.2, 0.25) is 0 Å². The lowest BCUT2D eigenvalue weighted by Gasteiger charge is -2.32. The molecular weight excluding hydrogens is 450 g/mol. The van der Waals surface area contributed by atoms with Crippen molar-refractivity contribution in [1.29, 1.82) is 0 Å². The summed E-state index contributed by atoms with van der Waals surface area (Å²) in [7, 11) is 0. The summed E-state index contributed by atoms with van der Waals surface area (Å²) in [4.78, 5) is 15.0. The molecule has 1 aliphatic heterocycles. The van der Waals surface area contributed by atoms with Crippen LogP contribution in [0.4, 0.5) is 14.7 Å². The summed E-state index contributed by atoms with van der Waals surface area (Å²) >= 11 is 0. The van der Waals surface area contributed by atoms with Gasteiger partial charge in [-0.1, -0.05) is 37.3 Å². The number of hydrogen-bond donors (Lipinski definition) is 0. The van der Waals surface area contributed by atoms with Crippen molar-refractivity contribution in [3.05, 3.63) is 78.6 Å². The number of anilines is 1. The van der Waals surface area contributed by atoms with Crippen molar-refractivity contribution >= 4 is 5.95 Å². The van der Waals surface area contributed by atoms with Crippen LogP contribution >= 0.6 is 0 Å². The Labute approximate surface area is 202 Å². The zero-order valence-electron chi connectivity index (χ0n) is 19.5. The van der Waals surface area contributed by atoms with Crippen LogP contribution in [0, 0.1) is 17.6 Å². The molecule has 4 aromatic rings. The van der Waals surface area contributed by atoms with Crippen molar-refractivity contribution < 1.29 is 17.9 Å². The lowest BCUT2D eigenvalue weighted by Crippen LogP contribution is -2.36. The van der Waals surface area contributed by atoms with E-state index in [1.807, 2.05) is 18.5 Å². The van der Waals surface area contributed by atoms with E-state index >= 15 is 8.78 Å². The number of halogens is 2. The number of aromatic nitrogens is 3. The van der Waals surface area contributed by atoms with Crippen LogP contribution in [0.3, 0.4) is 0 Å². The smallest absolute Gasteiger partial charge is 0.225 e. The Balaban J connectivity index is 1.33. The molecular formula is C27H26F2N4O2. The molecule has 0 saturated carbocycles. The van der Waals surface area contributed by atoms with Crippen molar-refractivity contribution in [2.45, 2.75) is 26.2 Å². The zero-order valence-corrected chi connectivity index (χ0v) is 19.5. The molecule has 1 saturated heterocycles. The van der Waals surface area contributed by atoms with Crippen LogP contribution in [0.1, 0.15) is 25.3 Å². The van der Waals surface area contributed by atoms with Gasteiger partial charge in [-0.3, -0.25) is 0 Å². The fraction of sp³-hybridized carbons (Fsp3) is 0.296. The number of ether oxygens (including phenoxy) is 1. The molecule has 2 aromatic heterocycles. The molecule has 0 unspecified atom stereocenters. The Morgan fingerprint density at radius 2 is 1.77 bits per heavy atom. The van der Waals surface area contributed by atoms with Gasteiger partial charge in [0.2, 0.25) is 5.95 Å². The van der Waals surface area contributed by atoms with Crippen molar-refractivity contribution in [1.82, 2.24) is 15.0 Å². The fourth-order valence-corrected chi connectivity index (χ4v) is 4.31. The molecule has 0 bridgehead atoms. The van der Waals surface area contributed by atoms with Crippen LogP contribution in [-0.4, -0.2) is 34.6 Å². The van der Waals surface area contributed by atoms with Crippen LogP contribution in [0.15, 0.2) is 65.8 Å². The molecule has 0 atom stereocenters. The fourth-order valence-electron chi connectivity index (χ4n) is 4.31. The molecule has 0 N–H and O–H groups in total. The minimum Gasteiger partial charge on any atom is -0.492 e. The summed E-state index contributed by atoms with van der Waals surface area (Å²) in [6.07, 6.45) is 8.96. The lowest BCUT2D eigenvalue weighted by atomic mass is 9.97. The predicted molar refractivity (Wildman–Crippen MR) is 129 cm³/mol. The number of oxazole rings is 1. The molecule has 0 aliphatic carbocycles. The number of aryl methyl sites for hydroxylation is 1. The van der Waals surface area contributed by atoms with Crippen molar-refractivity contribution in [2.75, 3.05) is 24.6 Å². The molecule has 0 amide bonds. The van der Waals surface area contributed by atoms with E-state index in [1.165, 1.54) is 12.6 Å². The minimum atomic E-state index is -1.01. The maximum atomic E-state index is 15.3. The molecule has 35 heavy (non-hydrogen) atoms. The first-order valence-corrected chi connectivity index (χ1v) is 11.8. The number of nitrogens with zero attached hydrogens (tertiary/aromatic N) is 4. The van der Waals surface area contributed by atoms with Gasteiger partial charge in [-0.05, 0) is 42.4 Å². The Morgan fingerprint density at radius 3 is 2.43 bits per heavy atom. The van der Waals surface area contributed by atoms with E-state index in [4.69, 9.17) is 9.15 Å². The molecule has 2 aromatic carbocycles. The highest BCUT2D eigenvalue weighted by Crippen LogP contribution is 2.39. The highest BCUT2D eigenvalue weighted by atomic mass is 19.2. The van der Waals surface area contributed by atoms with Gasteiger partial charge in [0.25, 0.3) is 0 Å². The predicted octanol–water partition coefficient (Wildman–Crippen LogP) is 5.93. The summed E-state index contributed by atoms with van der Waals surface area (Å²) < 4.78 is 41.7.